The van der Waals surface area contributed by atoms with Crippen LogP contribution in [0.25, 0.3) is 0 Å². The van der Waals surface area contributed by atoms with Crippen LogP contribution in [0.3, 0.4) is 0 Å². The van der Waals surface area contributed by atoms with Gasteiger partial charge in [-0.3, -0.25) is 0 Å². The first-order valence-corrected chi connectivity index (χ1v) is 6.92. The minimum Gasteiger partial charge on any atom is -0.207 e. The van der Waals surface area contributed by atoms with E-state index in [1.165, 1.54) is 0 Å². The molecule has 1 aromatic rings. The van der Waals surface area contributed by atoms with Gasteiger partial charge in [-0.2, -0.15) is 9.98 Å². The summed E-state index contributed by atoms with van der Waals surface area (Å²) in [6, 6.07) is 2.78. The highest BCUT2D eigenvalue weighted by Crippen LogP contribution is 2.21. The summed E-state index contributed by atoms with van der Waals surface area (Å²) < 4.78 is 52.1. The number of nitrogens with zero attached hydrogens (tertiary/aromatic N) is 1. The van der Waals surface area contributed by atoms with E-state index in [1.54, 1.807) is 20.8 Å². The number of hydrogen-bond donors (Lipinski definition) is 1. The molecule has 1 atom stereocenters. The number of benzene rings is 1. The Morgan fingerprint density at radius 3 is 2.05 bits per heavy atom. The average molecular weight is 288 g/mol. The van der Waals surface area contributed by atoms with Gasteiger partial charge in [-0.1, -0.05) is 20.8 Å². The van der Waals surface area contributed by atoms with E-state index in [0.29, 0.717) is 18.2 Å². The molecule has 1 aromatic carbocycles. The fraction of sp³-hybridized carbons (Fsp3) is 0.417. The molecular weight excluding hydrogens is 274 g/mol. The minimum atomic E-state index is -4.15. The van der Waals surface area contributed by atoms with E-state index in [0.717, 1.165) is 0 Å². The Balaban J connectivity index is 3.15. The van der Waals surface area contributed by atoms with Crippen LogP contribution in [0.4, 0.5) is 8.78 Å². The highest BCUT2D eigenvalue weighted by molar-refractivity contribution is 7.89. The van der Waals surface area contributed by atoms with Crippen molar-refractivity contribution in [3.8, 4) is 6.07 Å². The van der Waals surface area contributed by atoms with Crippen LogP contribution in [0.15, 0.2) is 23.1 Å². The molecule has 0 unspecified atom stereocenters. The Morgan fingerprint density at radius 1 is 1.21 bits per heavy atom. The Morgan fingerprint density at radius 2 is 1.68 bits per heavy atom. The maximum absolute atomic E-state index is 13.0. The van der Waals surface area contributed by atoms with Crippen LogP contribution >= 0.6 is 0 Å². The van der Waals surface area contributed by atoms with Gasteiger partial charge in [0.2, 0.25) is 10.0 Å². The molecule has 0 radical (unpaired) electrons. The van der Waals surface area contributed by atoms with Gasteiger partial charge in [-0.25, -0.2) is 17.2 Å². The normalized spacial score (nSPS) is 13.9. The van der Waals surface area contributed by atoms with Crippen LogP contribution in [0.1, 0.15) is 20.8 Å². The molecule has 0 amide bonds. The predicted octanol–water partition coefficient (Wildman–Crippen LogP) is 2.18. The molecule has 104 valence electrons. The maximum atomic E-state index is 13.0. The van der Waals surface area contributed by atoms with Crippen molar-refractivity contribution in [3.63, 3.8) is 0 Å². The van der Waals surface area contributed by atoms with Crippen molar-refractivity contribution in [2.45, 2.75) is 31.7 Å². The molecule has 4 nitrogen and oxygen atoms in total. The first kappa shape index (κ1) is 15.5. The molecule has 0 saturated carbocycles. The lowest BCUT2D eigenvalue weighted by Gasteiger charge is -2.25. The summed E-state index contributed by atoms with van der Waals surface area (Å²) in [5.41, 5.74) is -0.645. The molecule has 7 heteroatoms. The number of nitriles is 1. The van der Waals surface area contributed by atoms with E-state index >= 15 is 0 Å². The van der Waals surface area contributed by atoms with Crippen LogP contribution < -0.4 is 4.72 Å². The standard InChI is InChI=1S/C12H14F2N2O2S/c1-12(2,3)11(7-15)16-19(17,18)10-5-8(13)4-9(14)6-10/h4-6,11,16H,1-3H3/t11-/m0/s1. The number of halogens is 2. The third kappa shape index (κ3) is 3.98. The van der Waals surface area contributed by atoms with E-state index in [9.17, 15) is 17.2 Å². The summed E-state index contributed by atoms with van der Waals surface area (Å²) in [5.74, 6) is -1.99. The van der Waals surface area contributed by atoms with Gasteiger partial charge in [0.15, 0.2) is 0 Å². The molecule has 0 aromatic heterocycles. The third-order valence-corrected chi connectivity index (χ3v) is 3.82. The summed E-state index contributed by atoms with van der Waals surface area (Å²) >= 11 is 0. The molecule has 0 heterocycles. The number of hydrogen-bond acceptors (Lipinski definition) is 3. The van der Waals surface area contributed by atoms with Crippen molar-refractivity contribution in [3.05, 3.63) is 29.8 Å². The quantitative estimate of drug-likeness (QED) is 0.926. The monoisotopic (exact) mass is 288 g/mol. The van der Waals surface area contributed by atoms with Gasteiger partial charge in [0.05, 0.1) is 11.0 Å². The lowest BCUT2D eigenvalue weighted by molar-refractivity contribution is 0.350. The van der Waals surface area contributed by atoms with E-state index in [4.69, 9.17) is 5.26 Å². The van der Waals surface area contributed by atoms with E-state index in [2.05, 4.69) is 4.72 Å². The molecule has 0 aliphatic rings. The highest BCUT2D eigenvalue weighted by Gasteiger charge is 2.30. The molecular formula is C12H14F2N2O2S. The Kier molecular flexibility index (Phi) is 4.28. The van der Waals surface area contributed by atoms with Crippen molar-refractivity contribution >= 4 is 10.0 Å². The molecule has 0 spiro atoms. The summed E-state index contributed by atoms with van der Waals surface area (Å²) in [7, 11) is -4.15. The first-order valence-electron chi connectivity index (χ1n) is 5.44. The van der Waals surface area contributed by atoms with Crippen LogP contribution in [0.5, 0.6) is 0 Å². The lowest BCUT2D eigenvalue weighted by Crippen LogP contribution is -2.42. The summed E-state index contributed by atoms with van der Waals surface area (Å²) in [6.07, 6.45) is 0. The van der Waals surface area contributed by atoms with Crippen molar-refractivity contribution in [1.29, 1.82) is 5.26 Å². The van der Waals surface area contributed by atoms with Gasteiger partial charge in [-0.15, -0.1) is 0 Å². The van der Waals surface area contributed by atoms with Crippen LogP contribution in [0.2, 0.25) is 0 Å². The molecule has 1 rings (SSSR count). The zero-order chi connectivity index (χ0) is 14.8. The van der Waals surface area contributed by atoms with Gasteiger partial charge in [0.25, 0.3) is 0 Å². The smallest absolute Gasteiger partial charge is 0.207 e. The Hall–Kier alpha value is -1.52. The van der Waals surface area contributed by atoms with E-state index in [-0.39, 0.29) is 0 Å². The summed E-state index contributed by atoms with van der Waals surface area (Å²) in [6.45, 7) is 5.03. The van der Waals surface area contributed by atoms with Crippen molar-refractivity contribution in [1.82, 2.24) is 4.72 Å². The molecule has 0 aliphatic heterocycles. The van der Waals surface area contributed by atoms with Crippen LogP contribution in [-0.2, 0) is 10.0 Å². The molecule has 0 aliphatic carbocycles. The Bertz CT molecular complexity index is 595. The number of rotatable bonds is 3. The molecule has 0 bridgehead atoms. The maximum Gasteiger partial charge on any atom is 0.241 e. The molecule has 0 fully saturated rings. The lowest BCUT2D eigenvalue weighted by atomic mass is 9.88. The van der Waals surface area contributed by atoms with Gasteiger partial charge in [0.1, 0.15) is 17.7 Å². The fourth-order valence-corrected chi connectivity index (χ4v) is 2.69. The zero-order valence-electron chi connectivity index (χ0n) is 10.7. The zero-order valence-corrected chi connectivity index (χ0v) is 11.6. The average Bonchev–Trinajstić information content (AvgIpc) is 2.23. The second-order valence-electron chi connectivity index (χ2n) is 5.15. The molecule has 0 saturated heterocycles. The van der Waals surface area contributed by atoms with Gasteiger partial charge in [0, 0.05) is 6.07 Å². The fourth-order valence-electron chi connectivity index (χ4n) is 1.30. The van der Waals surface area contributed by atoms with Crippen molar-refractivity contribution < 1.29 is 17.2 Å². The second kappa shape index (κ2) is 5.23. The SMILES string of the molecule is CC(C)(C)[C@H](C#N)NS(=O)(=O)c1cc(F)cc(F)c1. The largest absolute Gasteiger partial charge is 0.241 e. The van der Waals surface area contributed by atoms with Crippen molar-refractivity contribution in [2.24, 2.45) is 5.41 Å². The van der Waals surface area contributed by atoms with Gasteiger partial charge in [-0.05, 0) is 17.5 Å². The predicted molar refractivity (Wildman–Crippen MR) is 65.5 cm³/mol. The van der Waals surface area contributed by atoms with Crippen molar-refractivity contribution in [2.75, 3.05) is 0 Å². The second-order valence-corrected chi connectivity index (χ2v) is 6.87. The first-order chi connectivity index (χ1) is 8.56. The minimum absolute atomic E-state index is 0.547. The topological polar surface area (TPSA) is 70.0 Å². The third-order valence-electron chi connectivity index (χ3n) is 2.41. The van der Waals surface area contributed by atoms with Crippen LogP contribution in [-0.4, -0.2) is 14.5 Å². The van der Waals surface area contributed by atoms with E-state index in [1.807, 2.05) is 6.07 Å². The molecule has 1 N–H and O–H groups in total. The summed E-state index contributed by atoms with van der Waals surface area (Å²) in [4.78, 5) is -0.547. The number of sulfonamides is 1. The number of nitrogens with one attached hydrogen (secondary N) is 1. The van der Waals surface area contributed by atoms with Gasteiger partial charge < -0.3 is 0 Å². The highest BCUT2D eigenvalue weighted by atomic mass is 32.2. The Labute approximate surface area is 111 Å². The van der Waals surface area contributed by atoms with Crippen LogP contribution in [0, 0.1) is 28.4 Å². The molecule has 19 heavy (non-hydrogen) atoms. The summed E-state index contributed by atoms with van der Waals surface area (Å²) in [5, 5.41) is 8.96. The van der Waals surface area contributed by atoms with E-state index < -0.39 is 38.0 Å². The van der Waals surface area contributed by atoms with Gasteiger partial charge >= 0.3 is 0 Å².